The minimum atomic E-state index is -4.50. The van der Waals surface area contributed by atoms with Crippen LogP contribution in [0.1, 0.15) is 17.5 Å². The molecule has 2 aromatic carbocycles. The molecule has 28 heavy (non-hydrogen) atoms. The highest BCUT2D eigenvalue weighted by atomic mass is 19.4. The molecule has 0 spiro atoms. The van der Waals surface area contributed by atoms with Gasteiger partial charge in [0, 0.05) is 17.7 Å². The van der Waals surface area contributed by atoms with Crippen LogP contribution >= 0.6 is 0 Å². The zero-order chi connectivity index (χ0) is 20.3. The summed E-state index contributed by atoms with van der Waals surface area (Å²) in [4.78, 5) is 17.6. The highest BCUT2D eigenvalue weighted by Gasteiger charge is 2.32. The van der Waals surface area contributed by atoms with Gasteiger partial charge in [-0.15, -0.1) is 0 Å². The third-order valence-corrected chi connectivity index (χ3v) is 4.14. The molecule has 1 aliphatic heterocycles. The quantitative estimate of drug-likeness (QED) is 0.836. The van der Waals surface area contributed by atoms with E-state index in [1.165, 1.54) is 26.4 Å². The molecule has 0 bridgehead atoms. The second kappa shape index (κ2) is 7.79. The van der Waals surface area contributed by atoms with Crippen molar-refractivity contribution >= 4 is 17.3 Å². The van der Waals surface area contributed by atoms with Crippen LogP contribution < -0.4 is 14.8 Å². The number of benzene rings is 2. The van der Waals surface area contributed by atoms with Gasteiger partial charge >= 0.3 is 6.18 Å². The van der Waals surface area contributed by atoms with Gasteiger partial charge in [-0.25, -0.2) is 0 Å². The summed E-state index contributed by atoms with van der Waals surface area (Å²) in [5.41, 5.74) is 0.252. The van der Waals surface area contributed by atoms with Crippen LogP contribution in [0.3, 0.4) is 0 Å². The molecule has 0 unspecified atom stereocenters. The molecule has 0 saturated carbocycles. The Hall–Kier alpha value is -3.23. The van der Waals surface area contributed by atoms with E-state index in [9.17, 15) is 18.0 Å². The van der Waals surface area contributed by atoms with Crippen molar-refractivity contribution in [2.75, 3.05) is 19.5 Å². The van der Waals surface area contributed by atoms with Crippen LogP contribution in [0, 0.1) is 0 Å². The lowest BCUT2D eigenvalue weighted by Crippen LogP contribution is -2.28. The van der Waals surface area contributed by atoms with Crippen LogP contribution in [0.25, 0.3) is 0 Å². The number of ether oxygens (including phenoxy) is 2. The number of nitrogens with zero attached hydrogens (tertiary/aromatic N) is 1. The van der Waals surface area contributed by atoms with E-state index in [0.29, 0.717) is 22.8 Å². The number of anilines is 1. The van der Waals surface area contributed by atoms with Gasteiger partial charge < -0.3 is 19.6 Å². The normalized spacial score (nSPS) is 16.2. The lowest BCUT2D eigenvalue weighted by atomic mass is 10.0. The van der Waals surface area contributed by atoms with Gasteiger partial charge in [0.1, 0.15) is 11.5 Å². The molecular weight excluding hydrogens is 377 g/mol. The average Bonchev–Trinajstić information content (AvgIpc) is 3.17. The Balaban J connectivity index is 1.71. The highest BCUT2D eigenvalue weighted by molar-refractivity contribution is 6.07. The molecule has 0 radical (unpaired) electrons. The van der Waals surface area contributed by atoms with E-state index in [1.54, 1.807) is 18.2 Å². The van der Waals surface area contributed by atoms with Gasteiger partial charge in [-0.3, -0.25) is 4.79 Å². The summed E-state index contributed by atoms with van der Waals surface area (Å²) in [5, 5.41) is 6.36. The predicted molar refractivity (Wildman–Crippen MR) is 95.6 cm³/mol. The van der Waals surface area contributed by atoms with Crippen LogP contribution in [-0.2, 0) is 15.8 Å². The van der Waals surface area contributed by atoms with E-state index in [1.807, 2.05) is 0 Å². The summed E-state index contributed by atoms with van der Waals surface area (Å²) in [6.45, 7) is 0. The number of oxime groups is 1. The number of hydrogen-bond donors (Lipinski definition) is 1. The third-order valence-electron chi connectivity index (χ3n) is 4.14. The molecule has 0 aliphatic carbocycles. The van der Waals surface area contributed by atoms with E-state index >= 15 is 0 Å². The summed E-state index contributed by atoms with van der Waals surface area (Å²) >= 11 is 0. The van der Waals surface area contributed by atoms with Crippen molar-refractivity contribution in [3.63, 3.8) is 0 Å². The van der Waals surface area contributed by atoms with Gasteiger partial charge in [0.15, 0.2) is 0 Å². The maximum Gasteiger partial charge on any atom is 0.416 e. The van der Waals surface area contributed by atoms with Crippen molar-refractivity contribution in [1.82, 2.24) is 0 Å². The fourth-order valence-corrected chi connectivity index (χ4v) is 2.71. The Labute approximate surface area is 158 Å². The van der Waals surface area contributed by atoms with Crippen LogP contribution in [0.2, 0.25) is 0 Å². The topological polar surface area (TPSA) is 69.1 Å². The second-order valence-corrected chi connectivity index (χ2v) is 5.97. The lowest BCUT2D eigenvalue weighted by molar-refractivity contribution is -0.137. The van der Waals surface area contributed by atoms with Crippen molar-refractivity contribution in [2.24, 2.45) is 5.16 Å². The highest BCUT2D eigenvalue weighted by Crippen LogP contribution is 2.31. The van der Waals surface area contributed by atoms with Gasteiger partial charge in [0.25, 0.3) is 5.91 Å². The summed E-state index contributed by atoms with van der Waals surface area (Å²) in [7, 11) is 3.02. The molecule has 1 N–H and O–H groups in total. The molecule has 1 amide bonds. The van der Waals surface area contributed by atoms with Crippen molar-refractivity contribution in [3.05, 3.63) is 53.6 Å². The number of hydrogen-bond acceptors (Lipinski definition) is 5. The fourth-order valence-electron chi connectivity index (χ4n) is 2.71. The van der Waals surface area contributed by atoms with E-state index in [-0.39, 0.29) is 12.1 Å². The second-order valence-electron chi connectivity index (χ2n) is 5.97. The maximum atomic E-state index is 12.8. The maximum absolute atomic E-state index is 12.8. The Bertz CT molecular complexity index is 912. The van der Waals surface area contributed by atoms with Crippen LogP contribution in [0.5, 0.6) is 11.5 Å². The number of nitrogens with one attached hydrogen (secondary N) is 1. The molecule has 6 nitrogen and oxygen atoms in total. The predicted octanol–water partition coefficient (Wildman–Crippen LogP) is 3.85. The minimum absolute atomic E-state index is 0.0239. The summed E-state index contributed by atoms with van der Waals surface area (Å²) in [6.07, 6.45) is -5.33. The van der Waals surface area contributed by atoms with E-state index in [0.717, 1.165) is 12.1 Å². The zero-order valence-electron chi connectivity index (χ0n) is 15.0. The van der Waals surface area contributed by atoms with Crippen LogP contribution in [0.4, 0.5) is 18.9 Å². The van der Waals surface area contributed by atoms with Gasteiger partial charge in [-0.05, 0) is 36.4 Å². The molecule has 148 valence electrons. The van der Waals surface area contributed by atoms with Gasteiger partial charge in [-0.2, -0.15) is 13.2 Å². The first-order chi connectivity index (χ1) is 13.3. The first-order valence-electron chi connectivity index (χ1n) is 8.25. The average molecular weight is 394 g/mol. The lowest BCUT2D eigenvalue weighted by Gasteiger charge is -2.12. The fraction of sp³-hybridized carbons (Fsp3) is 0.263. The number of carbonyl (C=O) groups is 1. The SMILES string of the molecule is COc1ccc(OC)c(C2=NO[C@H](C(=O)Nc3cccc(C(F)(F)F)c3)C2)c1. The smallest absolute Gasteiger partial charge is 0.416 e. The first-order valence-corrected chi connectivity index (χ1v) is 8.25. The Morgan fingerprint density at radius 3 is 2.64 bits per heavy atom. The Morgan fingerprint density at radius 1 is 1.18 bits per heavy atom. The van der Waals surface area contributed by atoms with Gasteiger partial charge in [0.2, 0.25) is 6.10 Å². The van der Waals surface area contributed by atoms with Crippen LogP contribution in [0.15, 0.2) is 47.6 Å². The van der Waals surface area contributed by atoms with Crippen molar-refractivity contribution in [2.45, 2.75) is 18.7 Å². The standard InChI is InChI=1S/C19H17F3N2O4/c1-26-13-6-7-16(27-2)14(9-13)15-10-17(28-24-15)18(25)23-12-5-3-4-11(8-12)19(20,21)22/h3-9,17H,10H2,1-2H3,(H,23,25)/t17-/m0/s1. The molecule has 0 saturated heterocycles. The molecule has 0 fully saturated rings. The first kappa shape index (κ1) is 19.5. The largest absolute Gasteiger partial charge is 0.497 e. The summed E-state index contributed by atoms with van der Waals surface area (Å²) < 4.78 is 48.9. The molecule has 9 heteroatoms. The number of rotatable bonds is 5. The number of alkyl halides is 3. The van der Waals surface area contributed by atoms with Crippen molar-refractivity contribution in [3.8, 4) is 11.5 Å². The zero-order valence-corrected chi connectivity index (χ0v) is 15.0. The molecular formula is C19H17F3N2O4. The monoisotopic (exact) mass is 394 g/mol. The summed E-state index contributed by atoms with van der Waals surface area (Å²) in [5.74, 6) is 0.511. The number of halogens is 3. The molecule has 0 aromatic heterocycles. The van der Waals surface area contributed by atoms with E-state index in [2.05, 4.69) is 10.5 Å². The molecule has 1 aliphatic rings. The molecule has 2 aromatic rings. The van der Waals surface area contributed by atoms with E-state index in [4.69, 9.17) is 14.3 Å². The van der Waals surface area contributed by atoms with Crippen molar-refractivity contribution in [1.29, 1.82) is 0 Å². The Kier molecular flexibility index (Phi) is 5.43. The molecule has 3 rings (SSSR count). The summed E-state index contributed by atoms with van der Waals surface area (Å²) in [6, 6.07) is 9.50. The number of carbonyl (C=O) groups excluding carboxylic acids is 1. The molecule has 1 atom stereocenters. The van der Waals surface area contributed by atoms with Gasteiger partial charge in [-0.1, -0.05) is 11.2 Å². The molecule has 1 heterocycles. The van der Waals surface area contributed by atoms with Crippen molar-refractivity contribution < 1.29 is 32.3 Å². The Morgan fingerprint density at radius 2 is 1.96 bits per heavy atom. The number of methoxy groups -OCH3 is 2. The van der Waals surface area contributed by atoms with E-state index < -0.39 is 23.8 Å². The third kappa shape index (κ3) is 4.19. The number of amides is 1. The minimum Gasteiger partial charge on any atom is -0.497 e. The van der Waals surface area contributed by atoms with Gasteiger partial charge in [0.05, 0.1) is 25.5 Å². The van der Waals surface area contributed by atoms with Crippen LogP contribution in [-0.4, -0.2) is 31.9 Å².